The topological polar surface area (TPSA) is 231 Å². The molecule has 4 N–H and O–H groups in total. The fourth-order valence-electron chi connectivity index (χ4n) is 10.9. The number of allylic oxidation sites excluding steroid dienone is 32. The Hall–Kier alpha value is -5.61. The molecular weight excluding hydrogens is 1430 g/mol. The van der Waals surface area contributed by atoms with Gasteiger partial charge >= 0.3 is 33.6 Å². The summed E-state index contributed by atoms with van der Waals surface area (Å²) in [4.78, 5) is 58.8. The van der Waals surface area contributed by atoms with Crippen molar-refractivity contribution in [3.05, 3.63) is 194 Å². The lowest BCUT2D eigenvalue weighted by Crippen LogP contribution is -2.30. The number of unbranched alkanes of at least 4 members (excludes halogenated alkanes) is 24. The summed E-state index contributed by atoms with van der Waals surface area (Å²) in [6, 6.07) is 0. The number of esters is 3. The highest BCUT2D eigenvalue weighted by atomic mass is 31.2. The van der Waals surface area contributed by atoms with Crippen LogP contribution in [-0.2, 0) is 55.8 Å². The Morgan fingerprint density at radius 3 is 0.712 bits per heavy atom. The lowest BCUT2D eigenvalue weighted by molar-refractivity contribution is -0.161. The van der Waals surface area contributed by atoms with Crippen molar-refractivity contribution in [2.24, 2.45) is 0 Å². The summed E-state index contributed by atoms with van der Waals surface area (Å²) in [5.74, 6) is -1.64. The van der Waals surface area contributed by atoms with Crippen molar-refractivity contribution in [3.63, 3.8) is 0 Å². The second-order valence-electron chi connectivity index (χ2n) is 27.8. The van der Waals surface area contributed by atoms with Crippen LogP contribution in [0.5, 0.6) is 0 Å². The van der Waals surface area contributed by atoms with E-state index < -0.39 is 91.5 Å². The van der Waals surface area contributed by atoms with E-state index in [-0.39, 0.29) is 19.3 Å². The molecule has 0 amide bonds. The van der Waals surface area contributed by atoms with Gasteiger partial charge in [0, 0.05) is 19.3 Å². The summed E-state index contributed by atoms with van der Waals surface area (Å²) in [6.45, 7) is 2.28. The Labute approximate surface area is 674 Å². The first-order valence-electron chi connectivity index (χ1n) is 42.7. The van der Waals surface area contributed by atoms with Gasteiger partial charge in [-0.05, 0) is 161 Å². The highest BCUT2D eigenvalue weighted by molar-refractivity contribution is 7.47. The molecule has 0 aromatic rings. The molecule has 0 aliphatic heterocycles. The molecule has 0 bridgehead atoms. The third kappa shape index (κ3) is 85.1. The Bertz CT molecular complexity index is 2800. The third-order valence-corrected chi connectivity index (χ3v) is 19.2. The number of aliphatic hydroxyl groups is 2. The van der Waals surface area contributed by atoms with E-state index in [1.54, 1.807) is 0 Å². The molecule has 18 heteroatoms. The standard InChI is InChI=1S/C93H152O16P2/c1-4-7-10-13-16-19-22-25-28-31-33-35-37-38-39-40-41-42-43-44-45-46-47-48-50-52-53-56-58-61-64-67-70-73-76-79-91(96)103-82-88(94)83-105-110(99,100)106-84-89(95)85-107-111(101,102)108-87-90(109-93(98)81-78-75-72-69-66-63-60-55-30-27-24-21-18-15-12-9-6-3)86-104-92(97)80-77-74-71-68-65-62-59-57-54-51-49-36-34-32-29-26-23-20-17-14-11-8-5-2/h7-12,16-21,25-30,33-36,38-39,41-42,51,54,59-60,62-63,88-90,94-95H,4-6,13-15,22-24,31-32,37,40,43-50,52-53,55-58,61,64-87H2,1-3H3,(H,99,100)(H,101,102)/b10-7-,11-8-,12-9-,19-16-,20-17-,21-18-,28-25-,29-26-,30-27-,35-33-,36-34-,39-38-,42-41-,54-51-,62-59-,63-60-. The quantitative estimate of drug-likeness (QED) is 0.0146. The number of hydrogen-bond acceptors (Lipinski definition) is 14. The molecule has 111 heavy (non-hydrogen) atoms. The van der Waals surface area contributed by atoms with E-state index >= 15 is 0 Å². The maximum Gasteiger partial charge on any atom is 0.472 e. The van der Waals surface area contributed by atoms with Crippen molar-refractivity contribution in [1.82, 2.24) is 0 Å². The van der Waals surface area contributed by atoms with Crippen LogP contribution in [0.15, 0.2) is 194 Å². The van der Waals surface area contributed by atoms with E-state index in [1.165, 1.54) is 83.5 Å². The summed E-state index contributed by atoms with van der Waals surface area (Å²) in [6.07, 6.45) is 111. The molecule has 0 aromatic heterocycles. The third-order valence-electron chi connectivity index (χ3n) is 17.3. The van der Waals surface area contributed by atoms with Gasteiger partial charge in [0.1, 0.15) is 25.4 Å². The maximum atomic E-state index is 13.0. The molecule has 0 fully saturated rings. The summed E-state index contributed by atoms with van der Waals surface area (Å²) < 4.78 is 61.2. The van der Waals surface area contributed by atoms with Crippen LogP contribution in [0.3, 0.4) is 0 Å². The Morgan fingerprint density at radius 2 is 0.450 bits per heavy atom. The van der Waals surface area contributed by atoms with E-state index in [0.29, 0.717) is 19.3 Å². The molecule has 0 rings (SSSR count). The number of ether oxygens (including phenoxy) is 3. The van der Waals surface area contributed by atoms with Crippen molar-refractivity contribution >= 4 is 33.6 Å². The second-order valence-corrected chi connectivity index (χ2v) is 30.7. The highest BCUT2D eigenvalue weighted by Gasteiger charge is 2.29. The van der Waals surface area contributed by atoms with Crippen LogP contribution in [0.1, 0.15) is 316 Å². The zero-order chi connectivity index (χ0) is 80.8. The van der Waals surface area contributed by atoms with Gasteiger partial charge in [-0.15, -0.1) is 0 Å². The molecule has 0 aliphatic carbocycles. The number of phosphoric ester groups is 2. The SMILES string of the molecule is CC/C=C\C/C=C\C/C=C\C/C=C\C/C=C\C/C=C\CCCCCCCCCCCCCCCCCCC(=O)OCC(O)COP(=O)(O)OCC(O)COP(=O)(O)OCC(COC(=O)CCCCCC/C=C\C/C=C\C/C=C\C/C=C\C/C=C\C/C=C\CC)OC(=O)CCCCCC/C=C\C/C=C\C/C=C\C/C=C\CC. The van der Waals surface area contributed by atoms with Crippen LogP contribution < -0.4 is 0 Å². The van der Waals surface area contributed by atoms with Gasteiger partial charge in [-0.2, -0.15) is 0 Å². The predicted octanol–water partition coefficient (Wildman–Crippen LogP) is 25.9. The normalized spacial score (nSPS) is 14.8. The summed E-state index contributed by atoms with van der Waals surface area (Å²) in [7, 11) is -9.83. The number of aliphatic hydroxyl groups excluding tert-OH is 2. The predicted molar refractivity (Wildman–Crippen MR) is 463 cm³/mol. The first-order chi connectivity index (χ1) is 54.2. The molecule has 0 saturated heterocycles. The Morgan fingerprint density at radius 1 is 0.252 bits per heavy atom. The summed E-state index contributed by atoms with van der Waals surface area (Å²) >= 11 is 0. The molecule has 16 nitrogen and oxygen atoms in total. The molecule has 5 atom stereocenters. The minimum atomic E-state index is -4.95. The molecule has 0 aliphatic rings. The highest BCUT2D eigenvalue weighted by Crippen LogP contribution is 2.45. The van der Waals surface area contributed by atoms with Crippen LogP contribution in [0.25, 0.3) is 0 Å². The van der Waals surface area contributed by atoms with Gasteiger partial charge in [0.2, 0.25) is 0 Å². The molecule has 0 aromatic carbocycles. The molecule has 0 spiro atoms. The van der Waals surface area contributed by atoms with Crippen molar-refractivity contribution in [2.75, 3.05) is 39.6 Å². The molecule has 0 radical (unpaired) electrons. The monoisotopic (exact) mass is 1590 g/mol. The average molecular weight is 1590 g/mol. The van der Waals surface area contributed by atoms with E-state index in [0.717, 1.165) is 173 Å². The van der Waals surface area contributed by atoms with Gasteiger partial charge in [0.25, 0.3) is 0 Å². The van der Waals surface area contributed by atoms with Crippen molar-refractivity contribution in [1.29, 1.82) is 0 Å². The van der Waals surface area contributed by atoms with E-state index in [9.17, 15) is 43.5 Å². The van der Waals surface area contributed by atoms with Gasteiger partial charge in [0.15, 0.2) is 6.10 Å². The minimum absolute atomic E-state index is 0.0637. The van der Waals surface area contributed by atoms with Crippen LogP contribution >= 0.6 is 15.6 Å². The zero-order valence-electron chi connectivity index (χ0n) is 69.1. The van der Waals surface area contributed by atoms with Crippen molar-refractivity contribution in [2.45, 2.75) is 334 Å². The van der Waals surface area contributed by atoms with Gasteiger partial charge in [-0.1, -0.05) is 331 Å². The van der Waals surface area contributed by atoms with Gasteiger partial charge in [0.05, 0.1) is 26.4 Å². The molecule has 0 saturated carbocycles. The van der Waals surface area contributed by atoms with E-state index in [2.05, 4.69) is 215 Å². The Balaban J connectivity index is 4.53. The lowest BCUT2D eigenvalue weighted by Gasteiger charge is -2.21. The fourth-order valence-corrected chi connectivity index (χ4v) is 12.5. The lowest BCUT2D eigenvalue weighted by atomic mass is 10.0. The zero-order valence-corrected chi connectivity index (χ0v) is 70.8. The van der Waals surface area contributed by atoms with E-state index in [4.69, 9.17) is 32.3 Å². The van der Waals surface area contributed by atoms with Gasteiger partial charge < -0.3 is 34.2 Å². The van der Waals surface area contributed by atoms with Crippen LogP contribution in [0.4, 0.5) is 0 Å². The Kier molecular flexibility index (Phi) is 79.6. The minimum Gasteiger partial charge on any atom is -0.463 e. The fraction of sp³-hybridized carbons (Fsp3) is 0.624. The molecular formula is C93H152O16P2. The number of carbonyl (C=O) groups is 3. The molecule has 630 valence electrons. The summed E-state index contributed by atoms with van der Waals surface area (Å²) in [5, 5.41) is 20.7. The van der Waals surface area contributed by atoms with Gasteiger partial charge in [-0.25, -0.2) is 9.13 Å². The number of phosphoric acid groups is 2. The number of rotatable bonds is 79. The number of hydrogen-bond donors (Lipinski definition) is 4. The molecule has 5 unspecified atom stereocenters. The first-order valence-corrected chi connectivity index (χ1v) is 45.7. The summed E-state index contributed by atoms with van der Waals surface area (Å²) in [5.41, 5.74) is 0. The largest absolute Gasteiger partial charge is 0.472 e. The van der Waals surface area contributed by atoms with Crippen molar-refractivity contribution in [3.8, 4) is 0 Å². The first kappa shape index (κ1) is 105. The maximum absolute atomic E-state index is 13.0. The van der Waals surface area contributed by atoms with E-state index in [1.807, 2.05) is 0 Å². The van der Waals surface area contributed by atoms with Crippen LogP contribution in [0.2, 0.25) is 0 Å². The van der Waals surface area contributed by atoms with Crippen LogP contribution in [0, 0.1) is 0 Å². The average Bonchev–Trinajstić information content (AvgIpc) is 0.901. The van der Waals surface area contributed by atoms with Crippen LogP contribution in [-0.4, -0.2) is 95.9 Å². The van der Waals surface area contributed by atoms with Crippen molar-refractivity contribution < 1.29 is 75.8 Å². The molecule has 0 heterocycles. The smallest absolute Gasteiger partial charge is 0.463 e. The van der Waals surface area contributed by atoms with Gasteiger partial charge in [-0.3, -0.25) is 32.5 Å². The number of carbonyl (C=O) groups excluding carboxylic acids is 3. The second kappa shape index (κ2) is 83.8.